The first-order valence-corrected chi connectivity index (χ1v) is 4.53. The maximum atomic E-state index is 11.3. The van der Waals surface area contributed by atoms with Gasteiger partial charge < -0.3 is 9.94 Å². The normalized spacial score (nSPS) is 10.4. The quantitative estimate of drug-likeness (QED) is 0.382. The fraction of sp³-hybridized carbons (Fsp3) is 0.111. The zero-order chi connectivity index (χ0) is 10.6. The van der Waals surface area contributed by atoms with Crippen molar-refractivity contribution in [2.24, 2.45) is 5.16 Å². The van der Waals surface area contributed by atoms with Gasteiger partial charge in [0.05, 0.1) is 18.9 Å². The van der Waals surface area contributed by atoms with E-state index in [1.807, 2.05) is 0 Å². The summed E-state index contributed by atoms with van der Waals surface area (Å²) in [5.74, 6) is -0.471. The number of halogens is 1. The summed E-state index contributed by atoms with van der Waals surface area (Å²) in [4.78, 5) is 11.3. The first kappa shape index (κ1) is 10.7. The number of methoxy groups -OCH3 is 1. The van der Waals surface area contributed by atoms with Gasteiger partial charge in [-0.1, -0.05) is 27.2 Å². The van der Waals surface area contributed by atoms with Crippen molar-refractivity contribution in [3.8, 4) is 0 Å². The first-order valence-electron chi connectivity index (χ1n) is 3.74. The van der Waals surface area contributed by atoms with Gasteiger partial charge in [0.2, 0.25) is 0 Å². The Hall–Kier alpha value is -1.36. The van der Waals surface area contributed by atoms with Crippen LogP contribution in [0.5, 0.6) is 0 Å². The monoisotopic (exact) mass is 257 g/mol. The molecule has 0 saturated heterocycles. The van der Waals surface area contributed by atoms with Gasteiger partial charge in [0.15, 0.2) is 0 Å². The SMILES string of the molecule is COC(=O)c1cc(Br)ccc1C=NO. The largest absolute Gasteiger partial charge is 0.465 e. The molecule has 0 amide bonds. The molecule has 1 aromatic rings. The van der Waals surface area contributed by atoms with Gasteiger partial charge >= 0.3 is 5.97 Å². The molecule has 0 aliphatic rings. The Balaban J connectivity index is 3.22. The van der Waals surface area contributed by atoms with Gasteiger partial charge in [-0.15, -0.1) is 0 Å². The number of hydrogen-bond acceptors (Lipinski definition) is 4. The summed E-state index contributed by atoms with van der Waals surface area (Å²) in [6.07, 6.45) is 1.18. The molecular weight excluding hydrogens is 250 g/mol. The Kier molecular flexibility index (Phi) is 3.64. The van der Waals surface area contributed by atoms with Crippen molar-refractivity contribution in [2.75, 3.05) is 7.11 Å². The van der Waals surface area contributed by atoms with E-state index in [0.717, 1.165) is 4.47 Å². The van der Waals surface area contributed by atoms with Crippen LogP contribution in [0.3, 0.4) is 0 Å². The molecule has 0 spiro atoms. The summed E-state index contributed by atoms with van der Waals surface area (Å²) in [5.41, 5.74) is 0.849. The van der Waals surface area contributed by atoms with Gasteiger partial charge in [0, 0.05) is 10.0 Å². The van der Waals surface area contributed by atoms with Crippen LogP contribution in [0.25, 0.3) is 0 Å². The van der Waals surface area contributed by atoms with E-state index in [1.54, 1.807) is 18.2 Å². The van der Waals surface area contributed by atoms with Crippen molar-refractivity contribution in [1.82, 2.24) is 0 Å². The minimum atomic E-state index is -0.471. The smallest absolute Gasteiger partial charge is 0.338 e. The predicted octanol–water partition coefficient (Wildman–Crippen LogP) is 2.04. The zero-order valence-electron chi connectivity index (χ0n) is 7.40. The summed E-state index contributed by atoms with van der Waals surface area (Å²) in [5, 5.41) is 11.2. The minimum Gasteiger partial charge on any atom is -0.465 e. The molecule has 0 fully saturated rings. The lowest BCUT2D eigenvalue weighted by atomic mass is 10.1. The van der Waals surface area contributed by atoms with Crippen LogP contribution >= 0.6 is 15.9 Å². The summed E-state index contributed by atoms with van der Waals surface area (Å²) in [7, 11) is 1.29. The van der Waals surface area contributed by atoms with E-state index in [2.05, 4.69) is 25.8 Å². The Bertz CT molecular complexity index is 376. The molecule has 0 aromatic heterocycles. The van der Waals surface area contributed by atoms with E-state index in [1.165, 1.54) is 13.3 Å². The Morgan fingerprint density at radius 2 is 2.36 bits per heavy atom. The first-order chi connectivity index (χ1) is 6.69. The second-order valence-electron chi connectivity index (χ2n) is 2.47. The van der Waals surface area contributed by atoms with E-state index in [9.17, 15) is 4.79 Å². The molecule has 0 aliphatic carbocycles. The lowest BCUT2D eigenvalue weighted by Gasteiger charge is -2.03. The van der Waals surface area contributed by atoms with Crippen molar-refractivity contribution in [2.45, 2.75) is 0 Å². The van der Waals surface area contributed by atoms with E-state index >= 15 is 0 Å². The number of carbonyl (C=O) groups is 1. The van der Waals surface area contributed by atoms with Crippen LogP contribution in [0.4, 0.5) is 0 Å². The van der Waals surface area contributed by atoms with Crippen LogP contribution in [0.1, 0.15) is 15.9 Å². The second-order valence-corrected chi connectivity index (χ2v) is 3.38. The van der Waals surface area contributed by atoms with Gasteiger partial charge in [-0.05, 0) is 12.1 Å². The van der Waals surface area contributed by atoms with Crippen molar-refractivity contribution in [3.63, 3.8) is 0 Å². The third-order valence-corrected chi connectivity index (χ3v) is 2.11. The van der Waals surface area contributed by atoms with E-state index in [4.69, 9.17) is 5.21 Å². The molecule has 1 aromatic carbocycles. The van der Waals surface area contributed by atoms with Gasteiger partial charge in [-0.2, -0.15) is 0 Å². The maximum Gasteiger partial charge on any atom is 0.338 e. The van der Waals surface area contributed by atoms with Crippen molar-refractivity contribution in [3.05, 3.63) is 33.8 Å². The van der Waals surface area contributed by atoms with Crippen molar-refractivity contribution >= 4 is 28.1 Å². The molecule has 0 radical (unpaired) electrons. The third-order valence-electron chi connectivity index (χ3n) is 1.62. The highest BCUT2D eigenvalue weighted by atomic mass is 79.9. The van der Waals surface area contributed by atoms with E-state index in [0.29, 0.717) is 11.1 Å². The number of rotatable bonds is 2. The molecule has 74 valence electrons. The van der Waals surface area contributed by atoms with Gasteiger partial charge in [-0.25, -0.2) is 4.79 Å². The molecule has 0 saturated carbocycles. The predicted molar refractivity (Wildman–Crippen MR) is 54.9 cm³/mol. The molecule has 1 N–H and O–H groups in total. The number of ether oxygens (including phenoxy) is 1. The van der Waals surface area contributed by atoms with E-state index in [-0.39, 0.29) is 0 Å². The summed E-state index contributed by atoms with van der Waals surface area (Å²) >= 11 is 3.23. The summed E-state index contributed by atoms with van der Waals surface area (Å²) in [6.45, 7) is 0. The van der Waals surface area contributed by atoms with Crippen LogP contribution in [-0.2, 0) is 4.74 Å². The fourth-order valence-corrected chi connectivity index (χ4v) is 1.35. The highest BCUT2D eigenvalue weighted by Crippen LogP contribution is 2.16. The molecule has 1 rings (SSSR count). The number of carbonyl (C=O) groups excluding carboxylic acids is 1. The number of benzene rings is 1. The molecule has 0 atom stereocenters. The highest BCUT2D eigenvalue weighted by Gasteiger charge is 2.10. The molecule has 5 heteroatoms. The van der Waals surface area contributed by atoms with Crippen LogP contribution in [0.15, 0.2) is 27.8 Å². The van der Waals surface area contributed by atoms with Crippen LogP contribution in [0.2, 0.25) is 0 Å². The van der Waals surface area contributed by atoms with Crippen molar-refractivity contribution < 1.29 is 14.7 Å². The maximum absolute atomic E-state index is 11.3. The molecule has 4 nitrogen and oxygen atoms in total. The molecule has 14 heavy (non-hydrogen) atoms. The lowest BCUT2D eigenvalue weighted by Crippen LogP contribution is -2.05. The minimum absolute atomic E-state index is 0.347. The number of oxime groups is 1. The van der Waals surface area contributed by atoms with Crippen LogP contribution < -0.4 is 0 Å². The number of nitrogens with zero attached hydrogens (tertiary/aromatic N) is 1. The average molecular weight is 258 g/mol. The standard InChI is InChI=1S/C9H8BrNO3/c1-14-9(12)8-4-7(10)3-2-6(8)5-11-13/h2-5,13H,1H3. The van der Waals surface area contributed by atoms with Crippen molar-refractivity contribution in [1.29, 1.82) is 0 Å². The molecule has 0 aliphatic heterocycles. The molecular formula is C9H8BrNO3. The zero-order valence-corrected chi connectivity index (χ0v) is 8.98. The highest BCUT2D eigenvalue weighted by molar-refractivity contribution is 9.10. The topological polar surface area (TPSA) is 58.9 Å². The fourth-order valence-electron chi connectivity index (χ4n) is 0.990. The third kappa shape index (κ3) is 2.32. The average Bonchev–Trinajstić information content (AvgIpc) is 2.20. The molecule has 0 unspecified atom stereocenters. The molecule has 0 bridgehead atoms. The number of hydrogen-bond donors (Lipinski definition) is 1. The molecule has 0 heterocycles. The number of esters is 1. The van der Waals surface area contributed by atoms with Gasteiger partial charge in [0.1, 0.15) is 0 Å². The Morgan fingerprint density at radius 1 is 1.64 bits per heavy atom. The Labute approximate surface area is 89.3 Å². The second kappa shape index (κ2) is 4.76. The Morgan fingerprint density at radius 3 is 2.93 bits per heavy atom. The lowest BCUT2D eigenvalue weighted by molar-refractivity contribution is 0.0600. The van der Waals surface area contributed by atoms with Crippen LogP contribution in [0, 0.1) is 0 Å². The van der Waals surface area contributed by atoms with Crippen LogP contribution in [-0.4, -0.2) is 24.5 Å². The van der Waals surface area contributed by atoms with E-state index < -0.39 is 5.97 Å². The van der Waals surface area contributed by atoms with Gasteiger partial charge in [0.25, 0.3) is 0 Å². The van der Waals surface area contributed by atoms with Gasteiger partial charge in [-0.3, -0.25) is 0 Å². The summed E-state index contributed by atoms with van der Waals surface area (Å²) in [6, 6.07) is 4.99. The summed E-state index contributed by atoms with van der Waals surface area (Å²) < 4.78 is 5.33.